The highest BCUT2D eigenvalue weighted by atomic mass is 32.2. The van der Waals surface area contributed by atoms with E-state index in [0.29, 0.717) is 29.1 Å². The highest BCUT2D eigenvalue weighted by Gasteiger charge is 2.22. The van der Waals surface area contributed by atoms with Gasteiger partial charge in [0.1, 0.15) is 5.03 Å². The molecule has 0 atom stereocenters. The average Bonchev–Trinajstić information content (AvgIpc) is 2.23. The van der Waals surface area contributed by atoms with E-state index in [1.54, 1.807) is 6.07 Å². The second kappa shape index (κ2) is 4.45. The fraction of sp³-hybridized carbons (Fsp3) is 0.375. The topological polar surface area (TPSA) is 93.6 Å². The molecule has 1 aliphatic heterocycles. The maximum absolute atomic E-state index is 8.60. The van der Waals surface area contributed by atoms with Crippen molar-refractivity contribution in [3.8, 4) is 0 Å². The molecule has 3 N–H and O–H groups in total. The number of nitrogens with zero attached hydrogens (tertiary/aromatic N) is 3. The summed E-state index contributed by atoms with van der Waals surface area (Å²) in [6.07, 6.45) is 1.51. The molecule has 1 aromatic heterocycles. The molecule has 0 unspecified atom stereocenters. The molecule has 0 spiro atoms. The van der Waals surface area contributed by atoms with E-state index in [0.717, 1.165) is 0 Å². The molecule has 1 saturated heterocycles. The number of thioether (sulfide) groups is 1. The Hall–Kier alpha value is -1.34. The maximum atomic E-state index is 8.60. The predicted octanol–water partition coefficient (Wildman–Crippen LogP) is 0.0620. The Kier molecular flexibility index (Phi) is 3.02. The van der Waals surface area contributed by atoms with E-state index in [2.05, 4.69) is 15.4 Å². The lowest BCUT2D eigenvalue weighted by Crippen LogP contribution is -2.30. The monoisotopic (exact) mass is 226 g/mol. The molecule has 0 aliphatic carbocycles. The van der Waals surface area contributed by atoms with E-state index >= 15 is 0 Å². The Labute approximate surface area is 90.5 Å². The molecule has 0 radical (unpaired) electrons. The highest BCUT2D eigenvalue weighted by Crippen LogP contribution is 2.28. The number of oxime groups is 1. The number of nitrogens with two attached hydrogens (primary N) is 1. The number of aromatic nitrogens is 2. The van der Waals surface area contributed by atoms with Crippen molar-refractivity contribution in [3.05, 3.63) is 17.8 Å². The minimum absolute atomic E-state index is 0.0487. The first-order valence-electron chi connectivity index (χ1n) is 4.35. The molecular weight excluding hydrogens is 216 g/mol. The van der Waals surface area contributed by atoms with Gasteiger partial charge in [0.2, 0.25) is 0 Å². The summed E-state index contributed by atoms with van der Waals surface area (Å²) < 4.78 is 5.05. The van der Waals surface area contributed by atoms with Gasteiger partial charge in [-0.2, -0.15) is 5.10 Å². The van der Waals surface area contributed by atoms with Crippen LogP contribution in [0.4, 0.5) is 0 Å². The molecule has 0 bridgehead atoms. The highest BCUT2D eigenvalue weighted by molar-refractivity contribution is 8.00. The van der Waals surface area contributed by atoms with Crippen molar-refractivity contribution in [2.45, 2.75) is 10.3 Å². The Balaban J connectivity index is 2.20. The molecular formula is C8H10N4O2S. The molecule has 1 fully saturated rings. The SMILES string of the molecule is N/C(=N/O)c1ccnnc1SC1COC1. The van der Waals surface area contributed by atoms with Gasteiger partial charge < -0.3 is 15.7 Å². The van der Waals surface area contributed by atoms with Crippen LogP contribution in [-0.2, 0) is 4.74 Å². The van der Waals surface area contributed by atoms with Crippen LogP contribution in [0, 0.1) is 0 Å². The lowest BCUT2D eigenvalue weighted by atomic mass is 10.3. The van der Waals surface area contributed by atoms with Crippen molar-refractivity contribution in [1.82, 2.24) is 10.2 Å². The zero-order chi connectivity index (χ0) is 10.7. The molecule has 6 nitrogen and oxygen atoms in total. The predicted molar refractivity (Wildman–Crippen MR) is 55.0 cm³/mol. The first-order valence-corrected chi connectivity index (χ1v) is 5.23. The smallest absolute Gasteiger partial charge is 0.172 e. The van der Waals surface area contributed by atoms with Gasteiger partial charge >= 0.3 is 0 Å². The largest absolute Gasteiger partial charge is 0.409 e. The molecule has 1 aliphatic rings. The quantitative estimate of drug-likeness (QED) is 0.327. The lowest BCUT2D eigenvalue weighted by molar-refractivity contribution is 0.0454. The third-order valence-electron chi connectivity index (χ3n) is 1.96. The van der Waals surface area contributed by atoms with Crippen molar-refractivity contribution >= 4 is 17.6 Å². The van der Waals surface area contributed by atoms with Crippen molar-refractivity contribution in [3.63, 3.8) is 0 Å². The molecule has 0 amide bonds. The summed E-state index contributed by atoms with van der Waals surface area (Å²) in [5.74, 6) is 0.0487. The molecule has 0 aromatic carbocycles. The van der Waals surface area contributed by atoms with Crippen LogP contribution < -0.4 is 5.73 Å². The van der Waals surface area contributed by atoms with Crippen molar-refractivity contribution in [2.24, 2.45) is 10.9 Å². The Bertz CT molecular complexity index is 381. The second-order valence-corrected chi connectivity index (χ2v) is 4.30. The van der Waals surface area contributed by atoms with Crippen LogP contribution >= 0.6 is 11.8 Å². The van der Waals surface area contributed by atoms with Gasteiger partial charge in [-0.05, 0) is 6.07 Å². The fourth-order valence-electron chi connectivity index (χ4n) is 1.09. The number of hydrogen-bond acceptors (Lipinski definition) is 6. The lowest BCUT2D eigenvalue weighted by Gasteiger charge is -2.24. The summed E-state index contributed by atoms with van der Waals surface area (Å²) >= 11 is 1.53. The summed E-state index contributed by atoms with van der Waals surface area (Å²) in [5, 5.41) is 20.3. The minimum Gasteiger partial charge on any atom is -0.409 e. The van der Waals surface area contributed by atoms with Crippen molar-refractivity contribution < 1.29 is 9.94 Å². The van der Waals surface area contributed by atoms with Gasteiger partial charge in [0, 0.05) is 0 Å². The van der Waals surface area contributed by atoms with Crippen LogP contribution in [0.3, 0.4) is 0 Å². The van der Waals surface area contributed by atoms with Crippen molar-refractivity contribution in [2.75, 3.05) is 13.2 Å². The molecule has 15 heavy (non-hydrogen) atoms. The van der Waals surface area contributed by atoms with E-state index in [-0.39, 0.29) is 5.84 Å². The zero-order valence-electron chi connectivity index (χ0n) is 7.83. The fourth-order valence-corrected chi connectivity index (χ4v) is 2.13. The Morgan fingerprint density at radius 3 is 3.07 bits per heavy atom. The molecule has 2 rings (SSSR count). The van der Waals surface area contributed by atoms with Crippen LogP contribution in [0.25, 0.3) is 0 Å². The van der Waals surface area contributed by atoms with E-state index in [9.17, 15) is 0 Å². The van der Waals surface area contributed by atoms with Crippen molar-refractivity contribution in [1.29, 1.82) is 0 Å². The summed E-state index contributed by atoms with van der Waals surface area (Å²) in [4.78, 5) is 0. The maximum Gasteiger partial charge on any atom is 0.172 e. The third-order valence-corrected chi connectivity index (χ3v) is 3.09. The minimum atomic E-state index is 0.0487. The van der Waals surface area contributed by atoms with Crippen LogP contribution in [0.2, 0.25) is 0 Å². The first kappa shape index (κ1) is 10.2. The normalized spacial score (nSPS) is 17.5. The molecule has 0 saturated carbocycles. The Morgan fingerprint density at radius 1 is 1.67 bits per heavy atom. The summed E-state index contributed by atoms with van der Waals surface area (Å²) in [6.45, 7) is 1.41. The number of amidine groups is 1. The van der Waals surface area contributed by atoms with Gasteiger partial charge in [0.05, 0.1) is 30.2 Å². The molecule has 2 heterocycles. The van der Waals surface area contributed by atoms with E-state index in [1.807, 2.05) is 0 Å². The summed E-state index contributed by atoms with van der Waals surface area (Å²) in [5.41, 5.74) is 6.12. The van der Waals surface area contributed by atoms with Gasteiger partial charge in [-0.3, -0.25) is 0 Å². The number of ether oxygens (including phenoxy) is 1. The van der Waals surface area contributed by atoms with Crippen LogP contribution in [0.15, 0.2) is 22.4 Å². The van der Waals surface area contributed by atoms with E-state index < -0.39 is 0 Å². The average molecular weight is 226 g/mol. The van der Waals surface area contributed by atoms with Gasteiger partial charge in [-0.1, -0.05) is 16.9 Å². The third kappa shape index (κ3) is 2.18. The molecule has 80 valence electrons. The Morgan fingerprint density at radius 2 is 2.47 bits per heavy atom. The number of rotatable bonds is 3. The summed E-state index contributed by atoms with van der Waals surface area (Å²) in [6, 6.07) is 1.67. The van der Waals surface area contributed by atoms with Crippen LogP contribution in [-0.4, -0.2) is 39.7 Å². The van der Waals surface area contributed by atoms with Crippen LogP contribution in [0.1, 0.15) is 5.56 Å². The van der Waals surface area contributed by atoms with Gasteiger partial charge in [-0.15, -0.1) is 5.10 Å². The number of hydrogen-bond donors (Lipinski definition) is 2. The second-order valence-electron chi connectivity index (χ2n) is 3.01. The summed E-state index contributed by atoms with van der Waals surface area (Å²) in [7, 11) is 0. The van der Waals surface area contributed by atoms with Gasteiger partial charge in [0.25, 0.3) is 0 Å². The first-order chi connectivity index (χ1) is 7.31. The standard InChI is InChI=1S/C8H10N4O2S/c9-7(12-13)6-1-2-10-11-8(6)15-5-3-14-4-5/h1-2,5,13H,3-4H2,(H2,9,12). The van der Waals surface area contributed by atoms with Crippen LogP contribution in [0.5, 0.6) is 0 Å². The van der Waals surface area contributed by atoms with Gasteiger partial charge in [0.15, 0.2) is 5.84 Å². The van der Waals surface area contributed by atoms with E-state index in [1.165, 1.54) is 18.0 Å². The zero-order valence-corrected chi connectivity index (χ0v) is 8.65. The molecule has 7 heteroatoms. The van der Waals surface area contributed by atoms with E-state index in [4.69, 9.17) is 15.7 Å². The van der Waals surface area contributed by atoms with Gasteiger partial charge in [-0.25, -0.2) is 0 Å². The molecule has 1 aromatic rings.